The lowest BCUT2D eigenvalue weighted by atomic mass is 10.2. The monoisotopic (exact) mass is 262 g/mol. The summed E-state index contributed by atoms with van der Waals surface area (Å²) in [6.07, 6.45) is 4.57. The molecule has 0 amide bonds. The van der Waals surface area contributed by atoms with Crippen LogP contribution in [-0.2, 0) is 6.54 Å². The Kier molecular flexibility index (Phi) is 3.18. The number of rotatable bonds is 3. The van der Waals surface area contributed by atoms with Crippen molar-refractivity contribution in [2.45, 2.75) is 19.9 Å². The second-order valence-electron chi connectivity index (χ2n) is 4.64. The van der Waals surface area contributed by atoms with Crippen molar-refractivity contribution in [2.24, 2.45) is 0 Å². The maximum Gasteiger partial charge on any atom is 0.141 e. The maximum atomic E-state index is 9.00. The summed E-state index contributed by atoms with van der Waals surface area (Å²) in [5, 5.41) is 9.00. The molecule has 98 valence electrons. The molecule has 4 nitrogen and oxygen atoms in total. The van der Waals surface area contributed by atoms with Crippen LogP contribution in [0.3, 0.4) is 0 Å². The minimum Gasteiger partial charge on any atom is -0.324 e. The van der Waals surface area contributed by atoms with Gasteiger partial charge in [0.15, 0.2) is 0 Å². The Morgan fingerprint density at radius 1 is 1.20 bits per heavy atom. The quantitative estimate of drug-likeness (QED) is 0.727. The predicted molar refractivity (Wildman–Crippen MR) is 78.0 cm³/mol. The zero-order valence-electron chi connectivity index (χ0n) is 11.2. The van der Waals surface area contributed by atoms with Crippen LogP contribution >= 0.6 is 0 Å². The van der Waals surface area contributed by atoms with Gasteiger partial charge in [-0.15, -0.1) is 0 Å². The molecule has 2 heterocycles. The number of benzene rings is 1. The summed E-state index contributed by atoms with van der Waals surface area (Å²) in [5.41, 5.74) is 3.62. The van der Waals surface area contributed by atoms with Gasteiger partial charge in [0.1, 0.15) is 5.82 Å². The van der Waals surface area contributed by atoms with Crippen molar-refractivity contribution in [3.8, 4) is 17.5 Å². The molecule has 0 aliphatic heterocycles. The normalized spacial score (nSPS) is 10.6. The van der Waals surface area contributed by atoms with E-state index in [0.717, 1.165) is 35.4 Å². The SMILES string of the molecule is CCCn1c(-c2ccncc2)nc2cc(C#N)ccc21. The summed E-state index contributed by atoms with van der Waals surface area (Å²) in [6, 6.07) is 11.7. The molecule has 1 aromatic carbocycles. The fourth-order valence-corrected chi connectivity index (χ4v) is 2.37. The van der Waals surface area contributed by atoms with Gasteiger partial charge in [-0.05, 0) is 36.8 Å². The van der Waals surface area contributed by atoms with E-state index in [1.807, 2.05) is 30.3 Å². The van der Waals surface area contributed by atoms with E-state index >= 15 is 0 Å². The van der Waals surface area contributed by atoms with E-state index in [4.69, 9.17) is 10.2 Å². The lowest BCUT2D eigenvalue weighted by molar-refractivity contribution is 0.704. The second kappa shape index (κ2) is 5.14. The molecule has 2 aromatic heterocycles. The van der Waals surface area contributed by atoms with Crippen molar-refractivity contribution in [1.82, 2.24) is 14.5 Å². The lowest BCUT2D eigenvalue weighted by Gasteiger charge is -2.07. The van der Waals surface area contributed by atoms with Gasteiger partial charge in [-0.2, -0.15) is 5.26 Å². The first kappa shape index (κ1) is 12.4. The standard InChI is InChI=1S/C16H14N4/c1-2-9-20-15-4-3-12(11-17)10-14(15)19-16(20)13-5-7-18-8-6-13/h3-8,10H,2,9H2,1H3. The van der Waals surface area contributed by atoms with E-state index in [9.17, 15) is 0 Å². The number of hydrogen-bond donors (Lipinski definition) is 0. The van der Waals surface area contributed by atoms with Gasteiger partial charge in [0.05, 0.1) is 22.7 Å². The topological polar surface area (TPSA) is 54.5 Å². The molecule has 0 aliphatic rings. The van der Waals surface area contributed by atoms with Crippen molar-refractivity contribution >= 4 is 11.0 Å². The van der Waals surface area contributed by atoms with Crippen molar-refractivity contribution in [1.29, 1.82) is 5.26 Å². The summed E-state index contributed by atoms with van der Waals surface area (Å²) in [7, 11) is 0. The van der Waals surface area contributed by atoms with Crippen LogP contribution in [0.15, 0.2) is 42.7 Å². The van der Waals surface area contributed by atoms with Crippen molar-refractivity contribution in [2.75, 3.05) is 0 Å². The number of pyridine rings is 1. The van der Waals surface area contributed by atoms with E-state index in [1.165, 1.54) is 0 Å². The molecule has 0 fully saturated rings. The molecule has 0 saturated heterocycles. The highest BCUT2D eigenvalue weighted by atomic mass is 15.1. The van der Waals surface area contributed by atoms with Crippen LogP contribution < -0.4 is 0 Å². The Morgan fingerprint density at radius 3 is 2.70 bits per heavy atom. The van der Waals surface area contributed by atoms with Crippen LogP contribution in [-0.4, -0.2) is 14.5 Å². The number of nitrogens with zero attached hydrogens (tertiary/aromatic N) is 4. The Bertz CT molecular complexity index is 781. The van der Waals surface area contributed by atoms with Crippen molar-refractivity contribution in [3.05, 3.63) is 48.3 Å². The number of hydrogen-bond acceptors (Lipinski definition) is 3. The Labute approximate surface area is 117 Å². The van der Waals surface area contributed by atoms with Crippen LogP contribution in [0.25, 0.3) is 22.4 Å². The summed E-state index contributed by atoms with van der Waals surface area (Å²) < 4.78 is 2.20. The highest BCUT2D eigenvalue weighted by molar-refractivity contribution is 5.81. The predicted octanol–water partition coefficient (Wildman–Crippen LogP) is 3.38. The molecule has 0 unspecified atom stereocenters. The van der Waals surface area contributed by atoms with E-state index in [1.54, 1.807) is 12.4 Å². The molecule has 0 radical (unpaired) electrons. The molecule has 0 saturated carbocycles. The minimum atomic E-state index is 0.639. The van der Waals surface area contributed by atoms with Crippen molar-refractivity contribution < 1.29 is 0 Å². The second-order valence-corrected chi connectivity index (χ2v) is 4.64. The van der Waals surface area contributed by atoms with Gasteiger partial charge < -0.3 is 4.57 Å². The van der Waals surface area contributed by atoms with Gasteiger partial charge in [0, 0.05) is 24.5 Å². The molecule has 0 aliphatic carbocycles. The highest BCUT2D eigenvalue weighted by Crippen LogP contribution is 2.25. The lowest BCUT2D eigenvalue weighted by Crippen LogP contribution is -1.99. The van der Waals surface area contributed by atoms with Gasteiger partial charge >= 0.3 is 0 Å². The molecular formula is C16H14N4. The van der Waals surface area contributed by atoms with E-state index in [0.29, 0.717) is 5.56 Å². The van der Waals surface area contributed by atoms with Gasteiger partial charge in [0.25, 0.3) is 0 Å². The molecule has 0 N–H and O–H groups in total. The molecule has 4 heteroatoms. The van der Waals surface area contributed by atoms with E-state index in [-0.39, 0.29) is 0 Å². The number of aryl methyl sites for hydroxylation is 1. The molecule has 20 heavy (non-hydrogen) atoms. The van der Waals surface area contributed by atoms with Crippen LogP contribution in [0.1, 0.15) is 18.9 Å². The average Bonchev–Trinajstić information content (AvgIpc) is 2.86. The molecular weight excluding hydrogens is 248 g/mol. The third-order valence-corrected chi connectivity index (χ3v) is 3.26. The minimum absolute atomic E-state index is 0.639. The van der Waals surface area contributed by atoms with Gasteiger partial charge in [-0.25, -0.2) is 4.98 Å². The van der Waals surface area contributed by atoms with Gasteiger partial charge in [-0.1, -0.05) is 6.92 Å². The fraction of sp³-hybridized carbons (Fsp3) is 0.188. The first-order chi connectivity index (χ1) is 9.83. The molecule has 0 atom stereocenters. The number of aromatic nitrogens is 3. The highest BCUT2D eigenvalue weighted by Gasteiger charge is 2.12. The van der Waals surface area contributed by atoms with Crippen LogP contribution in [0, 0.1) is 11.3 Å². The molecule has 3 aromatic rings. The van der Waals surface area contributed by atoms with Crippen LogP contribution in [0.5, 0.6) is 0 Å². The van der Waals surface area contributed by atoms with Crippen LogP contribution in [0.2, 0.25) is 0 Å². The molecule has 0 bridgehead atoms. The summed E-state index contributed by atoms with van der Waals surface area (Å²) >= 11 is 0. The third kappa shape index (κ3) is 2.04. The smallest absolute Gasteiger partial charge is 0.141 e. The Balaban J connectivity index is 2.26. The summed E-state index contributed by atoms with van der Waals surface area (Å²) in [6.45, 7) is 3.05. The first-order valence-corrected chi connectivity index (χ1v) is 6.64. The van der Waals surface area contributed by atoms with Gasteiger partial charge in [-0.3, -0.25) is 4.98 Å². The fourth-order valence-electron chi connectivity index (χ4n) is 2.37. The molecule has 3 rings (SSSR count). The van der Waals surface area contributed by atoms with Crippen LogP contribution in [0.4, 0.5) is 0 Å². The Hall–Kier alpha value is -2.67. The number of fused-ring (bicyclic) bond motifs is 1. The van der Waals surface area contributed by atoms with E-state index in [2.05, 4.69) is 22.5 Å². The first-order valence-electron chi connectivity index (χ1n) is 6.64. The van der Waals surface area contributed by atoms with E-state index < -0.39 is 0 Å². The molecule has 0 spiro atoms. The Morgan fingerprint density at radius 2 is 2.00 bits per heavy atom. The zero-order valence-corrected chi connectivity index (χ0v) is 11.2. The van der Waals surface area contributed by atoms with Gasteiger partial charge in [0.2, 0.25) is 0 Å². The summed E-state index contributed by atoms with van der Waals surface area (Å²) in [5.74, 6) is 0.930. The zero-order chi connectivity index (χ0) is 13.9. The van der Waals surface area contributed by atoms with Crippen molar-refractivity contribution in [3.63, 3.8) is 0 Å². The average molecular weight is 262 g/mol. The maximum absolute atomic E-state index is 9.00. The summed E-state index contributed by atoms with van der Waals surface area (Å²) in [4.78, 5) is 8.74. The number of imidazole rings is 1. The number of nitriles is 1. The largest absolute Gasteiger partial charge is 0.324 e. The third-order valence-electron chi connectivity index (χ3n) is 3.26.